The third-order valence-corrected chi connectivity index (χ3v) is 8.05. The zero-order valence-electron chi connectivity index (χ0n) is 19.8. The first kappa shape index (κ1) is 22.2. The molecule has 6 heterocycles. The van der Waals surface area contributed by atoms with Gasteiger partial charge in [-0.25, -0.2) is 14.4 Å². The van der Waals surface area contributed by atoms with E-state index in [0.717, 1.165) is 68.5 Å². The maximum Gasteiger partial charge on any atom is 0.268 e. The zero-order chi connectivity index (χ0) is 24.0. The highest BCUT2D eigenvalue weighted by Crippen LogP contribution is 2.52. The van der Waals surface area contributed by atoms with Crippen LogP contribution in [0.3, 0.4) is 0 Å². The van der Waals surface area contributed by atoms with Gasteiger partial charge in [-0.1, -0.05) is 0 Å². The quantitative estimate of drug-likeness (QED) is 0.440. The number of rotatable bonds is 6. The van der Waals surface area contributed by atoms with Crippen LogP contribution in [-0.4, -0.2) is 37.1 Å². The van der Waals surface area contributed by atoms with E-state index >= 15 is 0 Å². The molecule has 180 valence electrons. The lowest BCUT2D eigenvalue weighted by Gasteiger charge is -2.53. The van der Waals surface area contributed by atoms with Crippen molar-refractivity contribution in [3.8, 4) is 0 Å². The maximum atomic E-state index is 14.7. The topological polar surface area (TPSA) is 93.7 Å². The summed E-state index contributed by atoms with van der Waals surface area (Å²) in [5.41, 5.74) is 4.85. The smallest absolute Gasteiger partial charge is 0.268 e. The first-order chi connectivity index (χ1) is 16.9. The molecule has 1 N–H and O–H groups in total. The summed E-state index contributed by atoms with van der Waals surface area (Å²) < 4.78 is 21.2. The van der Waals surface area contributed by atoms with Gasteiger partial charge < -0.3 is 9.72 Å². The van der Waals surface area contributed by atoms with E-state index in [-0.39, 0.29) is 22.4 Å². The van der Waals surface area contributed by atoms with Gasteiger partial charge in [0, 0.05) is 17.0 Å². The normalized spacial score (nSPS) is 23.8. The second kappa shape index (κ2) is 8.45. The van der Waals surface area contributed by atoms with E-state index in [1.807, 2.05) is 31.2 Å². The van der Waals surface area contributed by atoms with Crippen molar-refractivity contribution in [1.29, 1.82) is 0 Å². The lowest BCUT2D eigenvalue weighted by molar-refractivity contribution is -0.188. The molecule has 0 unspecified atom stereocenters. The van der Waals surface area contributed by atoms with Gasteiger partial charge in [0.2, 0.25) is 0 Å². The van der Waals surface area contributed by atoms with E-state index in [9.17, 15) is 9.18 Å². The molecule has 7 rings (SSSR count). The fourth-order valence-electron chi connectivity index (χ4n) is 5.76. The van der Waals surface area contributed by atoms with Gasteiger partial charge in [-0.15, -0.1) is 0 Å². The number of hydrogen-bond acceptors (Lipinski definition) is 6. The molecule has 1 saturated carbocycles. The molecule has 0 atom stereocenters. The molecular formula is C27H28FN5O2. The van der Waals surface area contributed by atoms with Crippen molar-refractivity contribution in [2.75, 3.05) is 6.61 Å². The molecule has 0 amide bonds. The summed E-state index contributed by atoms with van der Waals surface area (Å²) in [5, 5.41) is 0. The number of hydrogen-bond donors (Lipinski definition) is 1. The van der Waals surface area contributed by atoms with Crippen molar-refractivity contribution in [2.24, 2.45) is 5.41 Å². The summed E-state index contributed by atoms with van der Waals surface area (Å²) in [4.78, 5) is 31.8. The maximum absolute atomic E-state index is 14.7. The average Bonchev–Trinajstić information content (AvgIpc) is 2.88. The zero-order valence-corrected chi connectivity index (χ0v) is 19.8. The van der Waals surface area contributed by atoms with E-state index in [1.54, 1.807) is 0 Å². The fraction of sp³-hybridized carbons (Fsp3) is 0.444. The van der Waals surface area contributed by atoms with Gasteiger partial charge in [-0.2, -0.15) is 0 Å². The van der Waals surface area contributed by atoms with Gasteiger partial charge >= 0.3 is 0 Å². The van der Waals surface area contributed by atoms with Crippen LogP contribution in [0.1, 0.15) is 55.5 Å². The Bertz CT molecular complexity index is 1450. The molecule has 3 aliphatic rings. The molecule has 0 spiro atoms. The Hall–Kier alpha value is -3.26. The van der Waals surface area contributed by atoms with E-state index in [1.165, 1.54) is 12.4 Å². The van der Waals surface area contributed by atoms with Crippen LogP contribution >= 0.6 is 0 Å². The third kappa shape index (κ3) is 4.20. The molecule has 2 aliphatic heterocycles. The lowest BCUT2D eigenvalue weighted by Crippen LogP contribution is -2.51. The Labute approximate surface area is 202 Å². The highest BCUT2D eigenvalue weighted by atomic mass is 19.1. The first-order valence-corrected chi connectivity index (χ1v) is 12.3. The molecule has 4 aromatic rings. The molecule has 35 heavy (non-hydrogen) atoms. The van der Waals surface area contributed by atoms with Crippen LogP contribution in [0.15, 0.2) is 41.5 Å². The predicted octanol–water partition coefficient (Wildman–Crippen LogP) is 4.60. The predicted molar refractivity (Wildman–Crippen MR) is 131 cm³/mol. The third-order valence-electron chi connectivity index (χ3n) is 8.05. The second-order valence-electron chi connectivity index (χ2n) is 10.3. The van der Waals surface area contributed by atoms with E-state index in [2.05, 4.69) is 24.9 Å². The molecule has 1 aliphatic carbocycles. The minimum atomic E-state index is -0.285. The number of aromatic nitrogens is 5. The Morgan fingerprint density at radius 1 is 0.971 bits per heavy atom. The van der Waals surface area contributed by atoms with E-state index in [0.29, 0.717) is 28.7 Å². The Balaban J connectivity index is 1.12. The molecule has 8 heteroatoms. The first-order valence-electron chi connectivity index (χ1n) is 12.3. The largest absolute Gasteiger partial charge is 0.374 e. The number of aromatic amines is 1. The summed E-state index contributed by atoms with van der Waals surface area (Å²) in [7, 11) is 0. The monoisotopic (exact) mass is 473 g/mol. The number of aryl methyl sites for hydroxylation is 3. The number of nitrogens with zero attached hydrogens (tertiary/aromatic N) is 4. The van der Waals surface area contributed by atoms with Crippen LogP contribution in [0.2, 0.25) is 0 Å². The number of fused-ring (bicyclic) bond motifs is 5. The van der Waals surface area contributed by atoms with Gasteiger partial charge in [0.15, 0.2) is 5.65 Å². The number of nitrogens with one attached hydrogen (secondary N) is 1. The van der Waals surface area contributed by atoms with Crippen LogP contribution in [0.5, 0.6) is 0 Å². The fourth-order valence-corrected chi connectivity index (χ4v) is 5.76. The van der Waals surface area contributed by atoms with Gasteiger partial charge in [0.1, 0.15) is 11.3 Å². The second-order valence-corrected chi connectivity index (χ2v) is 10.3. The Kier molecular flexibility index (Phi) is 5.36. The summed E-state index contributed by atoms with van der Waals surface area (Å²) in [6.07, 6.45) is 10.0. The summed E-state index contributed by atoms with van der Waals surface area (Å²) in [6.45, 7) is 2.65. The van der Waals surface area contributed by atoms with Gasteiger partial charge in [0.05, 0.1) is 35.6 Å². The standard InChI is InChI=1S/C27H28FN5O2/c1-17-2-4-21-24(31-17)19(20(28)14-29-21)7-9-27-12-10-26(11-13-27,16-35-27)8-6-18-3-5-22-25(32-18)33-23(34)15-30-22/h2-5,14-15H,6-13,16H2,1H3,(H,32,33,34). The van der Waals surface area contributed by atoms with Crippen LogP contribution in [-0.2, 0) is 17.6 Å². The lowest BCUT2D eigenvalue weighted by atomic mass is 9.63. The van der Waals surface area contributed by atoms with Crippen molar-refractivity contribution in [3.05, 3.63) is 69.8 Å². The summed E-state index contributed by atoms with van der Waals surface area (Å²) >= 11 is 0. The number of H-pyrrole nitrogens is 1. The van der Waals surface area contributed by atoms with Crippen molar-refractivity contribution in [3.63, 3.8) is 0 Å². The summed E-state index contributed by atoms with van der Waals surface area (Å²) in [5.74, 6) is -0.285. The van der Waals surface area contributed by atoms with E-state index < -0.39 is 0 Å². The minimum Gasteiger partial charge on any atom is -0.374 e. The van der Waals surface area contributed by atoms with Gasteiger partial charge in [0.25, 0.3) is 5.56 Å². The average molecular weight is 474 g/mol. The highest BCUT2D eigenvalue weighted by Gasteiger charge is 2.49. The van der Waals surface area contributed by atoms with Crippen LogP contribution < -0.4 is 5.56 Å². The van der Waals surface area contributed by atoms with Crippen molar-refractivity contribution in [2.45, 2.75) is 63.9 Å². The van der Waals surface area contributed by atoms with Crippen LogP contribution in [0, 0.1) is 18.2 Å². The van der Waals surface area contributed by atoms with Crippen molar-refractivity contribution < 1.29 is 9.13 Å². The number of halogens is 1. The molecule has 2 bridgehead atoms. The molecule has 2 saturated heterocycles. The van der Waals surface area contributed by atoms with Crippen LogP contribution in [0.25, 0.3) is 22.2 Å². The molecule has 4 aromatic heterocycles. The Morgan fingerprint density at radius 2 is 1.77 bits per heavy atom. The van der Waals surface area contributed by atoms with Gasteiger partial charge in [-0.3, -0.25) is 14.8 Å². The minimum absolute atomic E-state index is 0.161. The van der Waals surface area contributed by atoms with Crippen molar-refractivity contribution in [1.82, 2.24) is 24.9 Å². The molecule has 3 fully saturated rings. The molecular weight excluding hydrogens is 445 g/mol. The molecule has 0 aromatic carbocycles. The number of ether oxygens (including phenoxy) is 1. The number of pyridine rings is 3. The van der Waals surface area contributed by atoms with Crippen LogP contribution in [0.4, 0.5) is 4.39 Å². The van der Waals surface area contributed by atoms with Crippen molar-refractivity contribution >= 4 is 22.2 Å². The SMILES string of the molecule is Cc1ccc2ncc(F)c(CCC34CCC(CCc5ccc6ncc(=O)[nH]c6n5)(CC3)CO4)c2n1. The van der Waals surface area contributed by atoms with Gasteiger partial charge in [-0.05, 0) is 88.0 Å². The highest BCUT2D eigenvalue weighted by molar-refractivity contribution is 5.78. The Morgan fingerprint density at radius 3 is 2.57 bits per heavy atom. The molecule has 7 nitrogen and oxygen atoms in total. The summed E-state index contributed by atoms with van der Waals surface area (Å²) in [6, 6.07) is 7.71. The molecule has 0 radical (unpaired) electrons. The van der Waals surface area contributed by atoms with E-state index in [4.69, 9.17) is 4.74 Å².